The van der Waals surface area contributed by atoms with Gasteiger partial charge in [-0.2, -0.15) is 0 Å². The van der Waals surface area contributed by atoms with Gasteiger partial charge in [-0.15, -0.1) is 0 Å². The fourth-order valence-electron chi connectivity index (χ4n) is 1.34. The first-order valence-corrected chi connectivity index (χ1v) is 6.81. The number of nitrogens with one attached hydrogen (secondary N) is 2. The van der Waals surface area contributed by atoms with Gasteiger partial charge in [0.15, 0.2) is 0 Å². The summed E-state index contributed by atoms with van der Waals surface area (Å²) in [7, 11) is 0. The van der Waals surface area contributed by atoms with Gasteiger partial charge in [0.2, 0.25) is 0 Å². The number of hydrogen-bond acceptors (Lipinski definition) is 5. The Labute approximate surface area is 123 Å². The summed E-state index contributed by atoms with van der Waals surface area (Å²) >= 11 is 12.1. The maximum atomic E-state index is 9.27. The van der Waals surface area contributed by atoms with E-state index in [2.05, 4.69) is 15.6 Å². The highest BCUT2D eigenvalue weighted by Gasteiger charge is 2.24. The van der Waals surface area contributed by atoms with Crippen molar-refractivity contribution < 1.29 is 10.2 Å². The summed E-state index contributed by atoms with van der Waals surface area (Å²) in [4.78, 5) is 4.28. The molecule has 108 valence electrons. The Morgan fingerprint density at radius 2 is 1.79 bits per heavy atom. The monoisotopic (exact) mass is 307 g/mol. The van der Waals surface area contributed by atoms with Crippen LogP contribution in [0.15, 0.2) is 6.07 Å². The van der Waals surface area contributed by atoms with E-state index in [0.717, 1.165) is 13.0 Å². The fourth-order valence-corrected chi connectivity index (χ4v) is 1.81. The highest BCUT2D eigenvalue weighted by Crippen LogP contribution is 2.30. The van der Waals surface area contributed by atoms with Gasteiger partial charge in [-0.05, 0) is 19.4 Å². The fraction of sp³-hybridized carbons (Fsp3) is 0.583. The molecule has 0 aliphatic carbocycles. The molecule has 19 heavy (non-hydrogen) atoms. The van der Waals surface area contributed by atoms with Crippen molar-refractivity contribution in [3.63, 3.8) is 0 Å². The van der Waals surface area contributed by atoms with Gasteiger partial charge in [-0.3, -0.25) is 0 Å². The lowest BCUT2D eigenvalue weighted by molar-refractivity contribution is 0.147. The molecule has 0 aromatic carbocycles. The van der Waals surface area contributed by atoms with Gasteiger partial charge in [0.25, 0.3) is 0 Å². The SMILES string of the molecule is CCCNc1nc(NC(C)(CO)CO)c(Cl)cc1Cl. The van der Waals surface area contributed by atoms with Crippen molar-refractivity contribution in [1.82, 2.24) is 4.98 Å². The zero-order valence-electron chi connectivity index (χ0n) is 11.0. The van der Waals surface area contributed by atoms with Crippen molar-refractivity contribution in [3.8, 4) is 0 Å². The second-order valence-corrected chi connectivity index (χ2v) is 5.39. The number of anilines is 2. The van der Waals surface area contributed by atoms with Crippen LogP contribution in [-0.2, 0) is 0 Å². The number of halogens is 2. The number of hydrogen-bond donors (Lipinski definition) is 4. The number of aliphatic hydroxyl groups excluding tert-OH is 2. The zero-order valence-corrected chi connectivity index (χ0v) is 12.5. The number of pyridine rings is 1. The van der Waals surface area contributed by atoms with Crippen LogP contribution in [0.25, 0.3) is 0 Å². The molecule has 0 bridgehead atoms. The van der Waals surface area contributed by atoms with Crippen LogP contribution in [0, 0.1) is 0 Å². The summed E-state index contributed by atoms with van der Waals surface area (Å²) in [6.45, 7) is 3.94. The van der Waals surface area contributed by atoms with Gasteiger partial charge < -0.3 is 20.8 Å². The summed E-state index contributed by atoms with van der Waals surface area (Å²) in [5.41, 5.74) is -0.896. The van der Waals surface area contributed by atoms with Gasteiger partial charge in [0.05, 0.1) is 28.8 Å². The molecule has 0 atom stereocenters. The highest BCUT2D eigenvalue weighted by atomic mass is 35.5. The van der Waals surface area contributed by atoms with E-state index in [1.54, 1.807) is 13.0 Å². The molecule has 1 heterocycles. The second-order valence-electron chi connectivity index (χ2n) is 4.58. The van der Waals surface area contributed by atoms with E-state index in [-0.39, 0.29) is 13.2 Å². The summed E-state index contributed by atoms with van der Waals surface area (Å²) in [6.07, 6.45) is 0.939. The zero-order chi connectivity index (χ0) is 14.5. The van der Waals surface area contributed by atoms with Crippen molar-refractivity contribution in [2.75, 3.05) is 30.4 Å². The van der Waals surface area contributed by atoms with Crippen LogP contribution < -0.4 is 10.6 Å². The van der Waals surface area contributed by atoms with Crippen molar-refractivity contribution in [3.05, 3.63) is 16.1 Å². The molecule has 0 unspecified atom stereocenters. The smallest absolute Gasteiger partial charge is 0.147 e. The Kier molecular flexibility index (Phi) is 6.13. The van der Waals surface area contributed by atoms with Gasteiger partial charge in [0, 0.05) is 6.54 Å². The van der Waals surface area contributed by atoms with E-state index >= 15 is 0 Å². The van der Waals surface area contributed by atoms with E-state index < -0.39 is 5.54 Å². The van der Waals surface area contributed by atoms with Crippen LogP contribution in [0.4, 0.5) is 11.6 Å². The molecule has 1 aromatic heterocycles. The minimum absolute atomic E-state index is 0.248. The molecule has 0 spiro atoms. The molecule has 0 amide bonds. The van der Waals surface area contributed by atoms with Crippen molar-refractivity contribution in [2.24, 2.45) is 0 Å². The van der Waals surface area contributed by atoms with Crippen molar-refractivity contribution in [1.29, 1.82) is 0 Å². The largest absolute Gasteiger partial charge is 0.394 e. The molecule has 0 aliphatic rings. The number of rotatable bonds is 7. The van der Waals surface area contributed by atoms with E-state index in [4.69, 9.17) is 23.2 Å². The minimum Gasteiger partial charge on any atom is -0.394 e. The Balaban J connectivity index is 3.00. The molecule has 7 heteroatoms. The Bertz CT molecular complexity index is 426. The van der Waals surface area contributed by atoms with Crippen LogP contribution in [0.2, 0.25) is 10.0 Å². The van der Waals surface area contributed by atoms with Crippen molar-refractivity contribution >= 4 is 34.8 Å². The first kappa shape index (κ1) is 16.3. The maximum absolute atomic E-state index is 9.27. The molecule has 0 aliphatic heterocycles. The molecule has 0 saturated heterocycles. The Morgan fingerprint density at radius 1 is 1.21 bits per heavy atom. The normalized spacial score (nSPS) is 11.5. The first-order valence-electron chi connectivity index (χ1n) is 6.05. The molecular formula is C12H19Cl2N3O2. The van der Waals surface area contributed by atoms with E-state index in [1.807, 2.05) is 6.92 Å². The summed E-state index contributed by atoms with van der Waals surface area (Å²) in [5, 5.41) is 25.3. The van der Waals surface area contributed by atoms with E-state index in [1.165, 1.54) is 0 Å². The maximum Gasteiger partial charge on any atom is 0.147 e. The molecule has 4 N–H and O–H groups in total. The summed E-state index contributed by atoms with van der Waals surface area (Å²) < 4.78 is 0. The molecular weight excluding hydrogens is 289 g/mol. The van der Waals surface area contributed by atoms with Gasteiger partial charge in [0.1, 0.15) is 11.6 Å². The van der Waals surface area contributed by atoms with Crippen molar-refractivity contribution in [2.45, 2.75) is 25.8 Å². The number of aliphatic hydroxyl groups is 2. The minimum atomic E-state index is -0.896. The Hall–Kier alpha value is -0.750. The van der Waals surface area contributed by atoms with Gasteiger partial charge in [-0.1, -0.05) is 30.1 Å². The molecule has 5 nitrogen and oxygen atoms in total. The lowest BCUT2D eigenvalue weighted by atomic mass is 10.1. The van der Waals surface area contributed by atoms with Crippen LogP contribution in [0.1, 0.15) is 20.3 Å². The summed E-state index contributed by atoms with van der Waals surface area (Å²) in [5.74, 6) is 0.893. The van der Waals surface area contributed by atoms with Crippen LogP contribution in [0.3, 0.4) is 0 Å². The average Bonchev–Trinajstić information content (AvgIpc) is 2.40. The topological polar surface area (TPSA) is 77.4 Å². The standard InChI is InChI=1S/C12H19Cl2N3O2/c1-3-4-15-10-8(13)5-9(14)11(16-10)17-12(2,6-18)7-19/h5,18-19H,3-4,6-7H2,1-2H3,(H2,15,16,17). The molecule has 0 radical (unpaired) electrons. The predicted octanol–water partition coefficient (Wildman–Crippen LogP) is 2.37. The first-order chi connectivity index (χ1) is 8.95. The summed E-state index contributed by atoms with van der Waals surface area (Å²) in [6, 6.07) is 1.58. The molecule has 1 aromatic rings. The van der Waals surface area contributed by atoms with E-state index in [0.29, 0.717) is 21.7 Å². The molecule has 0 saturated carbocycles. The lowest BCUT2D eigenvalue weighted by Gasteiger charge is -2.27. The number of aromatic nitrogens is 1. The number of nitrogens with zero attached hydrogens (tertiary/aromatic N) is 1. The molecule has 0 fully saturated rings. The van der Waals surface area contributed by atoms with Crippen LogP contribution in [-0.4, -0.2) is 40.5 Å². The third-order valence-electron chi connectivity index (χ3n) is 2.59. The quantitative estimate of drug-likeness (QED) is 0.622. The average molecular weight is 308 g/mol. The molecule has 1 rings (SSSR count). The second kappa shape index (κ2) is 7.14. The van der Waals surface area contributed by atoms with Gasteiger partial charge in [-0.25, -0.2) is 4.98 Å². The third-order valence-corrected chi connectivity index (χ3v) is 3.17. The van der Waals surface area contributed by atoms with E-state index in [9.17, 15) is 10.2 Å². The van der Waals surface area contributed by atoms with Crippen LogP contribution >= 0.6 is 23.2 Å². The highest BCUT2D eigenvalue weighted by molar-refractivity contribution is 6.37. The van der Waals surface area contributed by atoms with Crippen LogP contribution in [0.5, 0.6) is 0 Å². The Morgan fingerprint density at radius 3 is 2.32 bits per heavy atom. The predicted molar refractivity (Wildman–Crippen MR) is 79.2 cm³/mol. The van der Waals surface area contributed by atoms with Gasteiger partial charge >= 0.3 is 0 Å². The lowest BCUT2D eigenvalue weighted by Crippen LogP contribution is -2.42. The third kappa shape index (κ3) is 4.38.